The summed E-state index contributed by atoms with van der Waals surface area (Å²) < 4.78 is 83.6. The van der Waals surface area contributed by atoms with Gasteiger partial charge in [0.25, 0.3) is 0 Å². The average molecular weight is 631 g/mol. The summed E-state index contributed by atoms with van der Waals surface area (Å²) in [7, 11) is -2.96. The Kier molecular flexibility index (Phi) is 8.02. The number of aliphatic carboxylic acids is 1. The maximum Gasteiger partial charge on any atom is 0.416 e. The van der Waals surface area contributed by atoms with Crippen molar-refractivity contribution in [2.45, 2.75) is 57.2 Å². The fourth-order valence-corrected chi connectivity index (χ4v) is 8.03. The van der Waals surface area contributed by atoms with Gasteiger partial charge in [-0.15, -0.1) is 0 Å². The lowest BCUT2D eigenvalue weighted by atomic mass is 9.91. The second-order valence-electron chi connectivity index (χ2n) is 11.9. The molecule has 1 unspecified atom stereocenters. The van der Waals surface area contributed by atoms with E-state index in [1.54, 1.807) is 30.3 Å². The number of carboxylic acid groups (broad SMARTS) is 1. The van der Waals surface area contributed by atoms with Crippen LogP contribution in [0.2, 0.25) is 0 Å². The second kappa shape index (κ2) is 11.6. The molecule has 3 aliphatic rings. The molecule has 1 aliphatic carbocycles. The third kappa shape index (κ3) is 6.38. The number of rotatable bonds is 8. The molecule has 2 aliphatic heterocycles. The highest BCUT2D eigenvalue weighted by molar-refractivity contribution is 7.91. The van der Waals surface area contributed by atoms with Gasteiger partial charge in [-0.3, -0.25) is 4.79 Å². The molecule has 0 spiro atoms. The van der Waals surface area contributed by atoms with E-state index in [0.29, 0.717) is 66.2 Å². The van der Waals surface area contributed by atoms with Crippen molar-refractivity contribution in [3.63, 3.8) is 0 Å². The maximum absolute atomic E-state index is 14.1. The summed E-state index contributed by atoms with van der Waals surface area (Å²) >= 11 is 0. The molecular weight excluding hydrogens is 597 g/mol. The minimum Gasteiger partial charge on any atom is -0.493 e. The molecule has 3 aromatic carbocycles. The molecule has 11 heteroatoms. The fraction of sp³-hybridized carbons (Fsp3) is 0.424. The maximum atomic E-state index is 14.1. The first-order valence-corrected chi connectivity index (χ1v) is 16.5. The van der Waals surface area contributed by atoms with Crippen molar-refractivity contribution in [3.8, 4) is 28.4 Å². The third-order valence-electron chi connectivity index (χ3n) is 8.83. The molecular formula is C33H33F3O7S. The van der Waals surface area contributed by atoms with Crippen LogP contribution in [0.25, 0.3) is 11.1 Å². The van der Waals surface area contributed by atoms with Gasteiger partial charge in [-0.2, -0.15) is 13.2 Å². The number of hydrogen-bond donors (Lipinski definition) is 1. The number of aryl methyl sites for hydroxylation is 1. The van der Waals surface area contributed by atoms with Crippen LogP contribution in [-0.4, -0.2) is 44.2 Å². The molecule has 2 atom stereocenters. The van der Waals surface area contributed by atoms with Gasteiger partial charge in [0.1, 0.15) is 33.2 Å². The van der Waals surface area contributed by atoms with E-state index in [2.05, 4.69) is 0 Å². The van der Waals surface area contributed by atoms with E-state index in [-0.39, 0.29) is 36.4 Å². The summed E-state index contributed by atoms with van der Waals surface area (Å²) in [6.07, 6.45) is -3.04. The van der Waals surface area contributed by atoms with Crippen molar-refractivity contribution in [2.75, 3.05) is 24.7 Å². The molecule has 44 heavy (non-hydrogen) atoms. The number of sulfone groups is 1. The van der Waals surface area contributed by atoms with Crippen LogP contribution in [0.4, 0.5) is 13.2 Å². The highest BCUT2D eigenvalue weighted by Crippen LogP contribution is 2.46. The zero-order chi connectivity index (χ0) is 31.2. The smallest absolute Gasteiger partial charge is 0.416 e. The van der Waals surface area contributed by atoms with E-state index in [4.69, 9.17) is 19.3 Å². The Balaban J connectivity index is 1.24. The Labute approximate surface area is 253 Å². The van der Waals surface area contributed by atoms with E-state index in [1.165, 1.54) is 12.1 Å². The van der Waals surface area contributed by atoms with Gasteiger partial charge in [-0.1, -0.05) is 12.1 Å². The molecule has 7 nitrogen and oxygen atoms in total. The zero-order valence-electron chi connectivity index (χ0n) is 24.2. The molecule has 0 aromatic heterocycles. The number of fused-ring (bicyclic) bond motifs is 2. The predicted octanol–water partition coefficient (Wildman–Crippen LogP) is 6.90. The molecule has 0 amide bonds. The van der Waals surface area contributed by atoms with Gasteiger partial charge in [-0.25, -0.2) is 8.42 Å². The number of halogens is 3. The van der Waals surface area contributed by atoms with Crippen LogP contribution >= 0.6 is 0 Å². The topological polar surface area (TPSA) is 99.1 Å². The predicted molar refractivity (Wildman–Crippen MR) is 157 cm³/mol. The number of benzene rings is 3. The van der Waals surface area contributed by atoms with Crippen LogP contribution in [-0.2, 0) is 27.2 Å². The van der Waals surface area contributed by atoms with Crippen LogP contribution < -0.4 is 14.2 Å². The second-order valence-corrected chi connectivity index (χ2v) is 14.2. The van der Waals surface area contributed by atoms with Gasteiger partial charge in [0.2, 0.25) is 0 Å². The normalized spacial score (nSPS) is 20.9. The van der Waals surface area contributed by atoms with Crippen molar-refractivity contribution in [1.82, 2.24) is 0 Å². The highest BCUT2D eigenvalue weighted by atomic mass is 32.2. The van der Waals surface area contributed by atoms with Crippen LogP contribution in [0.15, 0.2) is 48.5 Å². The number of carbonyl (C=O) groups is 1. The summed E-state index contributed by atoms with van der Waals surface area (Å²) in [6.45, 7) is 2.48. The largest absolute Gasteiger partial charge is 0.493 e. The standard InChI is InChI=1S/C33H33F3O7S/c1-19-12-23(41-17-20-8-10-44(39,40)11-9-20)2-4-25(19)28-14-22(33(34,35)36)15-29-27(28)6-7-30(29)43-24-3-5-26-21(13-32(37)38)18-42-31(26)16-24/h2-5,12,14-16,20-21,30H,6-11,13,17-18H2,1H3,(H,37,38)/t21?,30-/m1/s1. The van der Waals surface area contributed by atoms with E-state index in [9.17, 15) is 26.4 Å². The van der Waals surface area contributed by atoms with Crippen LogP contribution in [0, 0.1) is 12.8 Å². The van der Waals surface area contributed by atoms with Gasteiger partial charge in [0, 0.05) is 17.5 Å². The molecule has 1 N–H and O–H groups in total. The molecule has 0 bridgehead atoms. The third-order valence-corrected chi connectivity index (χ3v) is 10.5. The molecule has 0 radical (unpaired) electrons. The Morgan fingerprint density at radius 1 is 0.977 bits per heavy atom. The van der Waals surface area contributed by atoms with Crippen molar-refractivity contribution in [1.29, 1.82) is 0 Å². The summed E-state index contributed by atoms with van der Waals surface area (Å²) in [6, 6.07) is 12.9. The number of hydrogen-bond acceptors (Lipinski definition) is 6. The highest BCUT2D eigenvalue weighted by Gasteiger charge is 2.36. The van der Waals surface area contributed by atoms with Crippen LogP contribution in [0.1, 0.15) is 65.5 Å². The summed E-state index contributed by atoms with van der Waals surface area (Å²) in [5.74, 6) is 0.872. The Bertz CT molecular complexity index is 1690. The summed E-state index contributed by atoms with van der Waals surface area (Å²) in [5.41, 5.74) is 3.29. The van der Waals surface area contributed by atoms with Crippen molar-refractivity contribution < 1.29 is 45.7 Å². The van der Waals surface area contributed by atoms with E-state index in [1.807, 2.05) is 13.0 Å². The van der Waals surface area contributed by atoms with Crippen LogP contribution in [0.5, 0.6) is 17.2 Å². The fourth-order valence-electron chi connectivity index (χ4n) is 6.44. The molecule has 1 saturated heterocycles. The van der Waals surface area contributed by atoms with Gasteiger partial charge >= 0.3 is 12.1 Å². The number of alkyl halides is 3. The monoisotopic (exact) mass is 630 g/mol. The van der Waals surface area contributed by atoms with E-state index >= 15 is 0 Å². The van der Waals surface area contributed by atoms with Crippen molar-refractivity contribution in [3.05, 3.63) is 76.3 Å². The lowest BCUT2D eigenvalue weighted by molar-refractivity contribution is -0.138. The van der Waals surface area contributed by atoms with Gasteiger partial charge in [0.15, 0.2) is 0 Å². The number of carboxylic acids is 1. The van der Waals surface area contributed by atoms with Crippen molar-refractivity contribution in [2.24, 2.45) is 5.92 Å². The lowest BCUT2D eigenvalue weighted by Crippen LogP contribution is -2.26. The summed E-state index contributed by atoms with van der Waals surface area (Å²) in [4.78, 5) is 11.2. The number of ether oxygens (including phenoxy) is 3. The quantitative estimate of drug-likeness (QED) is 0.289. The first-order chi connectivity index (χ1) is 20.9. The average Bonchev–Trinajstić information content (AvgIpc) is 3.55. The van der Waals surface area contributed by atoms with E-state index in [0.717, 1.165) is 16.7 Å². The minimum absolute atomic E-state index is 0.0499. The molecule has 3 aromatic rings. The van der Waals surface area contributed by atoms with Gasteiger partial charge in [0.05, 0.1) is 36.7 Å². The van der Waals surface area contributed by atoms with Gasteiger partial charge in [-0.05, 0) is 96.7 Å². The SMILES string of the molecule is Cc1cc(OCC2CCS(=O)(=O)CC2)ccc1-c1cc(C(F)(F)F)cc2c1CC[C@H]2Oc1ccc2c(c1)OCC2CC(=O)O. The molecule has 6 rings (SSSR count). The lowest BCUT2D eigenvalue weighted by Gasteiger charge is -2.22. The summed E-state index contributed by atoms with van der Waals surface area (Å²) in [5, 5.41) is 9.16. The molecule has 0 saturated carbocycles. The first-order valence-electron chi connectivity index (χ1n) is 14.7. The Hall–Kier alpha value is -3.73. The van der Waals surface area contributed by atoms with Crippen molar-refractivity contribution >= 4 is 15.8 Å². The molecule has 2 heterocycles. The zero-order valence-corrected chi connectivity index (χ0v) is 25.0. The Morgan fingerprint density at radius 3 is 2.43 bits per heavy atom. The van der Waals surface area contributed by atoms with Gasteiger partial charge < -0.3 is 19.3 Å². The van der Waals surface area contributed by atoms with E-state index < -0.39 is 33.7 Å². The molecule has 1 fully saturated rings. The first kappa shape index (κ1) is 30.3. The minimum atomic E-state index is -4.55. The molecule has 234 valence electrons. The van der Waals surface area contributed by atoms with Crippen LogP contribution in [0.3, 0.4) is 0 Å². The Morgan fingerprint density at radius 2 is 1.73 bits per heavy atom.